The van der Waals surface area contributed by atoms with Crippen molar-refractivity contribution in [2.75, 3.05) is 0 Å². The molecule has 0 aromatic carbocycles. The number of rotatable bonds is 6. The minimum absolute atomic E-state index is 1.23. The van der Waals surface area contributed by atoms with Crippen LogP contribution in [0.25, 0.3) is 0 Å². The predicted octanol–water partition coefficient (Wildman–Crippen LogP) is -0.318. The molecule has 0 heterocycles. The molecule has 0 aliphatic heterocycles. The molecule has 7 nitrogen and oxygen atoms in total. The van der Waals surface area contributed by atoms with E-state index < -0.39 is 49.1 Å². The lowest BCUT2D eigenvalue weighted by Crippen LogP contribution is -2.30. The van der Waals surface area contributed by atoms with Crippen LogP contribution in [0.1, 0.15) is 12.8 Å². The highest BCUT2D eigenvalue weighted by Gasteiger charge is 2.29. The van der Waals surface area contributed by atoms with E-state index in [1.807, 2.05) is 0 Å². The van der Waals surface area contributed by atoms with E-state index in [0.717, 1.165) is 0 Å². The topological polar surface area (TPSA) is 118 Å². The Labute approximate surface area is 93.0 Å². The molecule has 0 saturated heterocycles. The van der Waals surface area contributed by atoms with Crippen LogP contribution in [0, 0.1) is 0 Å². The van der Waals surface area contributed by atoms with Crippen molar-refractivity contribution in [2.45, 2.75) is 25.2 Å². The molecule has 9 heteroatoms. The molecule has 0 spiro atoms. The number of hydrogen-bond donors (Lipinski definition) is 2. The molecule has 96 valence electrons. The zero-order valence-corrected chi connectivity index (χ0v) is 8.26. The number of ether oxygens (including phenoxy) is 1. The second kappa shape index (κ2) is 6.51. The lowest BCUT2D eigenvalue weighted by atomic mass is 10.2. The van der Waals surface area contributed by atoms with Gasteiger partial charge in [0.1, 0.15) is 0 Å². The maximum atomic E-state index is 12.7. The molecular weight excluding hydrogens is 246 g/mol. The molecule has 0 fully saturated rings. The highest BCUT2D eigenvalue weighted by Crippen LogP contribution is 2.06. The van der Waals surface area contributed by atoms with Crippen molar-refractivity contribution >= 4 is 23.9 Å². The molecule has 0 aromatic rings. The first-order chi connectivity index (χ1) is 7.73. The summed E-state index contributed by atoms with van der Waals surface area (Å²) in [5.41, 5.74) is 0. The van der Waals surface area contributed by atoms with Crippen LogP contribution in [-0.2, 0) is 23.9 Å². The Bertz CT molecular complexity index is 309. The standard InChI is InChI=1S/C8H8F2O7/c9-3(1-5(11)12)7(15)17-8(16)4(10)2-6(13)14/h3-4H,1-2H2,(H,11,12)(H,13,14). The highest BCUT2D eigenvalue weighted by atomic mass is 19.1. The fraction of sp³-hybridized carbons (Fsp3) is 0.500. The molecule has 0 aliphatic rings. The fourth-order valence-corrected chi connectivity index (χ4v) is 0.700. The molecular formula is C8H8F2O7. The quantitative estimate of drug-likeness (QED) is 0.492. The normalized spacial score (nSPS) is 13.5. The average Bonchev–Trinajstić information content (AvgIpc) is 2.15. The van der Waals surface area contributed by atoms with Gasteiger partial charge in [-0.1, -0.05) is 0 Å². The number of carboxylic acid groups (broad SMARTS) is 2. The van der Waals surface area contributed by atoms with E-state index in [2.05, 4.69) is 4.74 Å². The van der Waals surface area contributed by atoms with Crippen LogP contribution in [0.15, 0.2) is 0 Å². The van der Waals surface area contributed by atoms with Crippen molar-refractivity contribution in [3.8, 4) is 0 Å². The summed E-state index contributed by atoms with van der Waals surface area (Å²) >= 11 is 0. The van der Waals surface area contributed by atoms with E-state index in [1.54, 1.807) is 0 Å². The van der Waals surface area contributed by atoms with Crippen LogP contribution in [0.5, 0.6) is 0 Å². The van der Waals surface area contributed by atoms with Gasteiger partial charge in [0.25, 0.3) is 0 Å². The first-order valence-corrected chi connectivity index (χ1v) is 4.21. The Balaban J connectivity index is 4.24. The van der Waals surface area contributed by atoms with Crippen LogP contribution in [-0.4, -0.2) is 46.4 Å². The molecule has 0 radical (unpaired) electrons. The van der Waals surface area contributed by atoms with Gasteiger partial charge >= 0.3 is 23.9 Å². The summed E-state index contributed by atoms with van der Waals surface area (Å²) in [6, 6.07) is 0. The smallest absolute Gasteiger partial charge is 0.349 e. The van der Waals surface area contributed by atoms with Gasteiger partial charge in [-0.05, 0) is 0 Å². The van der Waals surface area contributed by atoms with E-state index in [4.69, 9.17) is 10.2 Å². The van der Waals surface area contributed by atoms with Gasteiger partial charge in [-0.15, -0.1) is 0 Å². The van der Waals surface area contributed by atoms with Gasteiger partial charge in [0.15, 0.2) is 0 Å². The summed E-state index contributed by atoms with van der Waals surface area (Å²) in [4.78, 5) is 41.4. The zero-order chi connectivity index (χ0) is 13.6. The molecule has 2 atom stereocenters. The average molecular weight is 254 g/mol. The van der Waals surface area contributed by atoms with Gasteiger partial charge < -0.3 is 14.9 Å². The lowest BCUT2D eigenvalue weighted by molar-refractivity contribution is -0.169. The third-order valence-electron chi connectivity index (χ3n) is 1.42. The number of carbonyl (C=O) groups excluding carboxylic acids is 2. The lowest BCUT2D eigenvalue weighted by Gasteiger charge is -2.07. The van der Waals surface area contributed by atoms with Crippen molar-refractivity contribution in [2.24, 2.45) is 0 Å². The van der Waals surface area contributed by atoms with Crippen LogP contribution >= 0.6 is 0 Å². The van der Waals surface area contributed by atoms with E-state index in [-0.39, 0.29) is 0 Å². The Morgan fingerprint density at radius 2 is 1.18 bits per heavy atom. The Morgan fingerprint density at radius 1 is 0.882 bits per heavy atom. The van der Waals surface area contributed by atoms with Gasteiger partial charge in [0.05, 0.1) is 12.8 Å². The van der Waals surface area contributed by atoms with Crippen molar-refractivity contribution in [3.05, 3.63) is 0 Å². The molecule has 0 aromatic heterocycles. The number of halogens is 2. The Hall–Kier alpha value is -2.06. The fourth-order valence-electron chi connectivity index (χ4n) is 0.700. The molecule has 2 unspecified atom stereocenters. The van der Waals surface area contributed by atoms with Gasteiger partial charge in [0.2, 0.25) is 12.3 Å². The second-order valence-electron chi connectivity index (χ2n) is 2.87. The van der Waals surface area contributed by atoms with Gasteiger partial charge in [-0.3, -0.25) is 9.59 Å². The van der Waals surface area contributed by atoms with Gasteiger partial charge in [-0.25, -0.2) is 18.4 Å². The summed E-state index contributed by atoms with van der Waals surface area (Å²) in [6.07, 6.45) is -7.70. The maximum Gasteiger partial charge on any atom is 0.349 e. The number of esters is 2. The molecule has 2 N–H and O–H groups in total. The zero-order valence-electron chi connectivity index (χ0n) is 8.26. The minimum Gasteiger partial charge on any atom is -0.481 e. The summed E-state index contributed by atoms with van der Waals surface area (Å²) in [6.45, 7) is 0. The number of carbonyl (C=O) groups is 4. The predicted molar refractivity (Wildman–Crippen MR) is 45.4 cm³/mol. The van der Waals surface area contributed by atoms with Crippen LogP contribution in [0.3, 0.4) is 0 Å². The third kappa shape index (κ3) is 6.17. The van der Waals surface area contributed by atoms with Gasteiger partial charge in [0, 0.05) is 0 Å². The summed E-state index contributed by atoms with van der Waals surface area (Å²) < 4.78 is 29.0. The molecule has 0 aliphatic carbocycles. The molecule has 0 rings (SSSR count). The Morgan fingerprint density at radius 3 is 1.41 bits per heavy atom. The molecule has 0 amide bonds. The second-order valence-corrected chi connectivity index (χ2v) is 2.87. The third-order valence-corrected chi connectivity index (χ3v) is 1.42. The van der Waals surface area contributed by atoms with Crippen molar-refractivity contribution in [1.29, 1.82) is 0 Å². The summed E-state index contributed by atoms with van der Waals surface area (Å²) in [5.74, 6) is -7.04. The molecule has 0 bridgehead atoms. The number of alkyl halides is 2. The van der Waals surface area contributed by atoms with Crippen molar-refractivity contribution in [1.82, 2.24) is 0 Å². The van der Waals surface area contributed by atoms with E-state index in [9.17, 15) is 28.0 Å². The minimum atomic E-state index is -2.62. The molecule has 0 saturated carbocycles. The van der Waals surface area contributed by atoms with Gasteiger partial charge in [-0.2, -0.15) is 0 Å². The van der Waals surface area contributed by atoms with E-state index in [1.165, 1.54) is 0 Å². The summed E-state index contributed by atoms with van der Waals surface area (Å²) in [7, 11) is 0. The summed E-state index contributed by atoms with van der Waals surface area (Å²) in [5, 5.41) is 16.2. The van der Waals surface area contributed by atoms with Crippen LogP contribution in [0.2, 0.25) is 0 Å². The van der Waals surface area contributed by atoms with Crippen LogP contribution in [0.4, 0.5) is 8.78 Å². The first-order valence-electron chi connectivity index (χ1n) is 4.21. The largest absolute Gasteiger partial charge is 0.481 e. The van der Waals surface area contributed by atoms with E-state index >= 15 is 0 Å². The van der Waals surface area contributed by atoms with E-state index in [0.29, 0.717) is 0 Å². The van der Waals surface area contributed by atoms with Crippen molar-refractivity contribution < 1.29 is 42.9 Å². The maximum absolute atomic E-state index is 12.7. The first kappa shape index (κ1) is 14.9. The number of hydrogen-bond acceptors (Lipinski definition) is 5. The number of aliphatic carboxylic acids is 2. The molecule has 17 heavy (non-hydrogen) atoms. The SMILES string of the molecule is O=C(O)CC(F)C(=O)OC(=O)C(F)CC(=O)O. The Kier molecular flexibility index (Phi) is 5.72. The highest BCUT2D eigenvalue weighted by molar-refractivity contribution is 5.92. The monoisotopic (exact) mass is 254 g/mol. The number of carboxylic acids is 2. The van der Waals surface area contributed by atoms with Crippen molar-refractivity contribution in [3.63, 3.8) is 0 Å². The van der Waals surface area contributed by atoms with Crippen LogP contribution < -0.4 is 0 Å².